The zero-order valence-electron chi connectivity index (χ0n) is 10.9. The van der Waals surface area contributed by atoms with Gasteiger partial charge in [-0.05, 0) is 55.6 Å². The van der Waals surface area contributed by atoms with Gasteiger partial charge in [-0.25, -0.2) is 0 Å². The molecule has 94 valence electrons. The first kappa shape index (κ1) is 12.4. The van der Waals surface area contributed by atoms with Gasteiger partial charge in [0.2, 0.25) is 0 Å². The fourth-order valence-electron chi connectivity index (χ4n) is 2.67. The Kier molecular flexibility index (Phi) is 4.43. The first-order valence-electron chi connectivity index (χ1n) is 6.89. The predicted molar refractivity (Wildman–Crippen MR) is 74.0 cm³/mol. The van der Waals surface area contributed by atoms with Crippen molar-refractivity contribution in [2.45, 2.75) is 45.6 Å². The second-order valence-corrected chi connectivity index (χ2v) is 5.07. The van der Waals surface area contributed by atoms with Crippen LogP contribution in [0.1, 0.15) is 43.7 Å². The summed E-state index contributed by atoms with van der Waals surface area (Å²) in [6, 6.07) is 6.36. The lowest BCUT2D eigenvalue weighted by Gasteiger charge is -2.21. The number of aryl methyl sites for hydroxylation is 1. The Morgan fingerprint density at radius 3 is 2.41 bits per heavy atom. The zero-order chi connectivity index (χ0) is 12.1. The molecule has 1 fully saturated rings. The highest BCUT2D eigenvalue weighted by Gasteiger charge is 2.11. The van der Waals surface area contributed by atoms with Crippen molar-refractivity contribution in [3.05, 3.63) is 29.3 Å². The second kappa shape index (κ2) is 6.06. The summed E-state index contributed by atoms with van der Waals surface area (Å²) in [7, 11) is 0. The molecule has 1 heterocycles. The number of nitrogens with two attached hydrogens (primary N) is 1. The lowest BCUT2D eigenvalue weighted by Crippen LogP contribution is -2.24. The van der Waals surface area contributed by atoms with Gasteiger partial charge in [0.05, 0.1) is 0 Å². The monoisotopic (exact) mass is 232 g/mol. The van der Waals surface area contributed by atoms with Crippen molar-refractivity contribution in [3.63, 3.8) is 0 Å². The number of nitrogens with zero attached hydrogens (tertiary/aromatic N) is 1. The van der Waals surface area contributed by atoms with Crippen LogP contribution in [-0.4, -0.2) is 18.0 Å². The fourth-order valence-corrected chi connectivity index (χ4v) is 2.67. The van der Waals surface area contributed by atoms with Crippen molar-refractivity contribution in [2.24, 2.45) is 0 Å². The molecule has 0 aliphatic carbocycles. The molecule has 0 unspecified atom stereocenters. The van der Waals surface area contributed by atoms with E-state index < -0.39 is 0 Å². The largest absolute Gasteiger partial charge is 0.399 e. The van der Waals surface area contributed by atoms with Crippen molar-refractivity contribution in [1.29, 1.82) is 0 Å². The van der Waals surface area contributed by atoms with Gasteiger partial charge >= 0.3 is 0 Å². The van der Waals surface area contributed by atoms with Crippen LogP contribution in [-0.2, 0) is 13.0 Å². The highest BCUT2D eigenvalue weighted by molar-refractivity contribution is 5.44. The van der Waals surface area contributed by atoms with Crippen molar-refractivity contribution in [2.75, 3.05) is 18.8 Å². The number of nitrogen functional groups attached to an aromatic ring is 1. The van der Waals surface area contributed by atoms with E-state index in [1.54, 1.807) is 0 Å². The Morgan fingerprint density at radius 2 is 1.76 bits per heavy atom. The zero-order valence-corrected chi connectivity index (χ0v) is 10.9. The highest BCUT2D eigenvalue weighted by Crippen LogP contribution is 2.19. The molecule has 1 aromatic rings. The molecule has 2 N–H and O–H groups in total. The molecule has 0 atom stereocenters. The minimum absolute atomic E-state index is 0.895. The van der Waals surface area contributed by atoms with E-state index in [9.17, 15) is 0 Å². The molecule has 1 saturated heterocycles. The van der Waals surface area contributed by atoms with Gasteiger partial charge in [0.15, 0.2) is 0 Å². The average molecular weight is 232 g/mol. The average Bonchev–Trinajstić information content (AvgIpc) is 2.58. The van der Waals surface area contributed by atoms with Crippen LogP contribution in [0, 0.1) is 0 Å². The van der Waals surface area contributed by atoms with E-state index in [1.807, 2.05) is 6.07 Å². The first-order valence-corrected chi connectivity index (χ1v) is 6.89. The van der Waals surface area contributed by atoms with Crippen molar-refractivity contribution < 1.29 is 0 Å². The van der Waals surface area contributed by atoms with Crippen LogP contribution >= 0.6 is 0 Å². The summed E-state index contributed by atoms with van der Waals surface area (Å²) in [5.74, 6) is 0. The van der Waals surface area contributed by atoms with Crippen LogP contribution in [0.3, 0.4) is 0 Å². The van der Waals surface area contributed by atoms with Crippen LogP contribution in [0.5, 0.6) is 0 Å². The van der Waals surface area contributed by atoms with Gasteiger partial charge < -0.3 is 5.73 Å². The molecular weight excluding hydrogens is 208 g/mol. The first-order chi connectivity index (χ1) is 8.29. The molecule has 2 nitrogen and oxygen atoms in total. The lowest BCUT2D eigenvalue weighted by atomic mass is 10.0. The topological polar surface area (TPSA) is 29.3 Å². The smallest absolute Gasteiger partial charge is 0.0317 e. The molecule has 0 aromatic heterocycles. The normalized spacial score (nSPS) is 17.9. The lowest BCUT2D eigenvalue weighted by molar-refractivity contribution is 0.276. The Hall–Kier alpha value is -1.02. The molecular formula is C15H24N2. The second-order valence-electron chi connectivity index (χ2n) is 5.07. The van der Waals surface area contributed by atoms with Crippen molar-refractivity contribution in [1.82, 2.24) is 4.90 Å². The maximum atomic E-state index is 5.90. The minimum atomic E-state index is 0.895. The molecule has 17 heavy (non-hydrogen) atoms. The molecule has 0 spiro atoms. The maximum absolute atomic E-state index is 5.90. The molecule has 1 aliphatic rings. The summed E-state index contributed by atoms with van der Waals surface area (Å²) < 4.78 is 0. The number of benzene rings is 1. The van der Waals surface area contributed by atoms with E-state index in [1.165, 1.54) is 49.9 Å². The Balaban J connectivity index is 2.07. The molecule has 0 amide bonds. The van der Waals surface area contributed by atoms with Gasteiger partial charge in [0.25, 0.3) is 0 Å². The van der Waals surface area contributed by atoms with Crippen molar-refractivity contribution in [3.8, 4) is 0 Å². The quantitative estimate of drug-likeness (QED) is 0.811. The fraction of sp³-hybridized carbons (Fsp3) is 0.600. The summed E-state index contributed by atoms with van der Waals surface area (Å²) in [6.07, 6.45) is 6.60. The molecule has 0 radical (unpaired) electrons. The standard InChI is InChI=1S/C15H24N2/c1-2-13-7-8-15(16)11-14(13)12-17-9-5-3-4-6-10-17/h7-8,11H,2-6,9-10,12,16H2,1H3. The van der Waals surface area contributed by atoms with Gasteiger partial charge in [-0.15, -0.1) is 0 Å². The number of rotatable bonds is 3. The summed E-state index contributed by atoms with van der Waals surface area (Å²) >= 11 is 0. The van der Waals surface area contributed by atoms with E-state index in [4.69, 9.17) is 5.73 Å². The number of hydrogen-bond donors (Lipinski definition) is 1. The molecule has 0 bridgehead atoms. The van der Waals surface area contributed by atoms with Crippen LogP contribution in [0.25, 0.3) is 0 Å². The Bertz CT molecular complexity index is 352. The van der Waals surface area contributed by atoms with E-state index >= 15 is 0 Å². The molecule has 2 rings (SSSR count). The third-order valence-corrected chi connectivity index (χ3v) is 3.70. The van der Waals surface area contributed by atoms with Gasteiger partial charge in [0.1, 0.15) is 0 Å². The third kappa shape index (κ3) is 3.47. The van der Waals surface area contributed by atoms with E-state index in [-0.39, 0.29) is 0 Å². The molecule has 0 saturated carbocycles. The minimum Gasteiger partial charge on any atom is -0.399 e. The SMILES string of the molecule is CCc1ccc(N)cc1CN1CCCCCC1. The predicted octanol–water partition coefficient (Wildman–Crippen LogP) is 3.21. The summed E-state index contributed by atoms with van der Waals surface area (Å²) in [6.45, 7) is 5.79. The van der Waals surface area contributed by atoms with Gasteiger partial charge in [-0.3, -0.25) is 4.90 Å². The van der Waals surface area contributed by atoms with Gasteiger partial charge in [-0.1, -0.05) is 25.8 Å². The van der Waals surface area contributed by atoms with Crippen molar-refractivity contribution >= 4 is 5.69 Å². The highest BCUT2D eigenvalue weighted by atomic mass is 15.1. The van der Waals surface area contributed by atoms with E-state index in [0.717, 1.165) is 18.7 Å². The van der Waals surface area contributed by atoms with Crippen LogP contribution in [0.2, 0.25) is 0 Å². The van der Waals surface area contributed by atoms with E-state index in [2.05, 4.69) is 24.0 Å². The van der Waals surface area contributed by atoms with Crippen LogP contribution in [0.4, 0.5) is 5.69 Å². The Labute approximate surface area is 105 Å². The van der Waals surface area contributed by atoms with Crippen LogP contribution in [0.15, 0.2) is 18.2 Å². The number of anilines is 1. The molecule has 1 aliphatic heterocycles. The third-order valence-electron chi connectivity index (χ3n) is 3.70. The maximum Gasteiger partial charge on any atom is 0.0317 e. The summed E-state index contributed by atoms with van der Waals surface area (Å²) in [5, 5.41) is 0. The van der Waals surface area contributed by atoms with Crippen LogP contribution < -0.4 is 5.73 Å². The van der Waals surface area contributed by atoms with Gasteiger partial charge in [-0.2, -0.15) is 0 Å². The van der Waals surface area contributed by atoms with Gasteiger partial charge in [0, 0.05) is 12.2 Å². The summed E-state index contributed by atoms with van der Waals surface area (Å²) in [5.41, 5.74) is 9.67. The Morgan fingerprint density at radius 1 is 1.06 bits per heavy atom. The van der Waals surface area contributed by atoms with E-state index in [0.29, 0.717) is 0 Å². The molecule has 1 aromatic carbocycles. The molecule has 2 heteroatoms. The number of hydrogen-bond acceptors (Lipinski definition) is 2. The summed E-state index contributed by atoms with van der Waals surface area (Å²) in [4.78, 5) is 2.58. The number of likely N-dealkylation sites (tertiary alicyclic amines) is 1.